The largest absolute Gasteiger partial charge is 0.481 e. The zero-order chi connectivity index (χ0) is 16.3. The van der Waals surface area contributed by atoms with Crippen LogP contribution < -0.4 is 5.32 Å². The van der Waals surface area contributed by atoms with Crippen molar-refractivity contribution in [3.63, 3.8) is 0 Å². The van der Waals surface area contributed by atoms with Crippen LogP contribution in [0.4, 0.5) is 4.79 Å². The molecular formula is C17H23NO4. The van der Waals surface area contributed by atoms with Crippen LogP contribution in [-0.4, -0.2) is 29.3 Å². The van der Waals surface area contributed by atoms with Crippen LogP contribution >= 0.6 is 0 Å². The van der Waals surface area contributed by atoms with Gasteiger partial charge in [-0.2, -0.15) is 0 Å². The molecule has 120 valence electrons. The van der Waals surface area contributed by atoms with Crippen LogP contribution in [0.25, 0.3) is 0 Å². The number of ether oxygens (including phenoxy) is 1. The fraction of sp³-hybridized carbons (Fsp3) is 0.529. The number of fused-ring (bicyclic) bond motifs is 1. The maximum atomic E-state index is 11.7. The molecule has 0 spiro atoms. The summed E-state index contributed by atoms with van der Waals surface area (Å²) in [5.74, 6) is -0.483. The van der Waals surface area contributed by atoms with E-state index in [9.17, 15) is 9.59 Å². The molecule has 1 atom stereocenters. The molecule has 0 fully saturated rings. The molecular weight excluding hydrogens is 282 g/mol. The summed E-state index contributed by atoms with van der Waals surface area (Å²) in [5.41, 5.74) is 2.76. The number of nitrogens with one attached hydrogen (secondary N) is 1. The lowest BCUT2D eigenvalue weighted by Gasteiger charge is -2.20. The van der Waals surface area contributed by atoms with Crippen molar-refractivity contribution in [1.29, 1.82) is 0 Å². The molecule has 22 heavy (non-hydrogen) atoms. The summed E-state index contributed by atoms with van der Waals surface area (Å²) in [7, 11) is 0. The van der Waals surface area contributed by atoms with Crippen molar-refractivity contribution in [1.82, 2.24) is 5.32 Å². The van der Waals surface area contributed by atoms with Crippen LogP contribution in [0.2, 0.25) is 0 Å². The number of hydrogen-bond acceptors (Lipinski definition) is 3. The Labute approximate surface area is 130 Å². The Kier molecular flexibility index (Phi) is 4.74. The van der Waals surface area contributed by atoms with Crippen molar-refractivity contribution in [2.45, 2.75) is 45.6 Å². The van der Waals surface area contributed by atoms with Gasteiger partial charge in [-0.3, -0.25) is 4.79 Å². The smallest absolute Gasteiger partial charge is 0.407 e. The number of carboxylic acids is 1. The molecule has 1 unspecified atom stereocenters. The molecule has 0 bridgehead atoms. The number of aliphatic carboxylic acids is 1. The van der Waals surface area contributed by atoms with Gasteiger partial charge in [-0.25, -0.2) is 4.79 Å². The normalized spacial score (nSPS) is 17.0. The maximum absolute atomic E-state index is 11.7. The number of benzene rings is 1. The first-order chi connectivity index (χ1) is 10.2. The lowest BCUT2D eigenvalue weighted by atomic mass is 10.0. The molecule has 2 N–H and O–H groups in total. The zero-order valence-corrected chi connectivity index (χ0v) is 13.3. The first-order valence-corrected chi connectivity index (χ1v) is 7.52. The van der Waals surface area contributed by atoms with Gasteiger partial charge in [0.1, 0.15) is 5.60 Å². The third-order valence-electron chi connectivity index (χ3n) is 3.58. The topological polar surface area (TPSA) is 75.6 Å². The SMILES string of the molecule is CC(C)(C)OC(=O)NCC1Cc2ccc(CC(=O)O)cc2C1. The van der Waals surface area contributed by atoms with Crippen LogP contribution in [-0.2, 0) is 28.8 Å². The van der Waals surface area contributed by atoms with Crippen LogP contribution in [0.1, 0.15) is 37.5 Å². The van der Waals surface area contributed by atoms with Gasteiger partial charge in [-0.15, -0.1) is 0 Å². The van der Waals surface area contributed by atoms with E-state index < -0.39 is 17.7 Å². The summed E-state index contributed by atoms with van der Waals surface area (Å²) in [6.07, 6.45) is 1.42. The Morgan fingerprint density at radius 3 is 2.59 bits per heavy atom. The minimum atomic E-state index is -0.818. The summed E-state index contributed by atoms with van der Waals surface area (Å²) in [4.78, 5) is 22.4. The van der Waals surface area contributed by atoms with Crippen molar-refractivity contribution in [2.24, 2.45) is 5.92 Å². The van der Waals surface area contributed by atoms with Gasteiger partial charge >= 0.3 is 12.1 Å². The Bertz CT molecular complexity index is 575. The highest BCUT2D eigenvalue weighted by atomic mass is 16.6. The van der Waals surface area contributed by atoms with Crippen LogP contribution in [0.15, 0.2) is 18.2 Å². The van der Waals surface area contributed by atoms with E-state index in [1.54, 1.807) is 0 Å². The van der Waals surface area contributed by atoms with E-state index in [1.807, 2.05) is 39.0 Å². The van der Waals surface area contributed by atoms with E-state index in [1.165, 1.54) is 11.1 Å². The van der Waals surface area contributed by atoms with Crippen molar-refractivity contribution in [3.8, 4) is 0 Å². The number of carbonyl (C=O) groups is 2. The minimum Gasteiger partial charge on any atom is -0.481 e. The first kappa shape index (κ1) is 16.3. The Morgan fingerprint density at radius 2 is 1.95 bits per heavy atom. The van der Waals surface area contributed by atoms with E-state index >= 15 is 0 Å². The summed E-state index contributed by atoms with van der Waals surface area (Å²) in [6, 6.07) is 5.84. The van der Waals surface area contributed by atoms with Gasteiger partial charge in [-0.1, -0.05) is 18.2 Å². The standard InChI is InChI=1S/C17H23NO4/c1-17(2,3)22-16(21)18-10-12-7-13-5-4-11(9-15(19)20)6-14(13)8-12/h4-6,12H,7-10H2,1-3H3,(H,18,21)(H,19,20). The number of rotatable bonds is 4. The van der Waals surface area contributed by atoms with Crippen LogP contribution in [0.5, 0.6) is 0 Å². The van der Waals surface area contributed by atoms with Crippen LogP contribution in [0, 0.1) is 5.92 Å². The zero-order valence-electron chi connectivity index (χ0n) is 13.3. The second-order valence-corrected chi connectivity index (χ2v) is 6.83. The molecule has 5 heteroatoms. The Balaban J connectivity index is 1.87. The number of alkyl carbamates (subject to hydrolysis) is 1. The highest BCUT2D eigenvalue weighted by Gasteiger charge is 2.23. The third-order valence-corrected chi connectivity index (χ3v) is 3.58. The van der Waals surface area contributed by atoms with Gasteiger partial charge in [0.25, 0.3) is 0 Å². The number of hydrogen-bond donors (Lipinski definition) is 2. The molecule has 1 aliphatic rings. The minimum absolute atomic E-state index is 0.0497. The van der Waals surface area contributed by atoms with E-state index in [-0.39, 0.29) is 6.42 Å². The summed E-state index contributed by atoms with van der Waals surface area (Å²) >= 11 is 0. The van der Waals surface area contributed by atoms with Gasteiger partial charge in [0.15, 0.2) is 0 Å². The third kappa shape index (κ3) is 4.76. The maximum Gasteiger partial charge on any atom is 0.407 e. The highest BCUT2D eigenvalue weighted by molar-refractivity contribution is 5.70. The Hall–Kier alpha value is -2.04. The van der Waals surface area contributed by atoms with E-state index in [0.29, 0.717) is 12.5 Å². The molecule has 0 saturated heterocycles. The van der Waals surface area contributed by atoms with Crippen molar-refractivity contribution < 1.29 is 19.4 Å². The molecule has 0 heterocycles. The summed E-state index contributed by atoms with van der Waals surface area (Å²) < 4.78 is 5.22. The second-order valence-electron chi connectivity index (χ2n) is 6.83. The fourth-order valence-electron chi connectivity index (χ4n) is 2.73. The predicted molar refractivity (Wildman–Crippen MR) is 82.9 cm³/mol. The van der Waals surface area contributed by atoms with Gasteiger partial charge < -0.3 is 15.2 Å². The molecule has 1 amide bonds. The van der Waals surface area contributed by atoms with Gasteiger partial charge in [-0.05, 0) is 56.2 Å². The van der Waals surface area contributed by atoms with E-state index in [4.69, 9.17) is 9.84 Å². The lowest BCUT2D eigenvalue weighted by Crippen LogP contribution is -2.35. The van der Waals surface area contributed by atoms with Crippen molar-refractivity contribution in [3.05, 3.63) is 34.9 Å². The number of carboxylic acid groups (broad SMARTS) is 1. The summed E-state index contributed by atoms with van der Waals surface area (Å²) in [6.45, 7) is 6.07. The highest BCUT2D eigenvalue weighted by Crippen LogP contribution is 2.27. The van der Waals surface area contributed by atoms with Crippen molar-refractivity contribution >= 4 is 12.1 Å². The van der Waals surface area contributed by atoms with Gasteiger partial charge in [0.05, 0.1) is 6.42 Å². The Morgan fingerprint density at radius 1 is 1.27 bits per heavy atom. The van der Waals surface area contributed by atoms with Crippen LogP contribution in [0.3, 0.4) is 0 Å². The molecule has 2 rings (SSSR count). The van der Waals surface area contributed by atoms with E-state index in [2.05, 4.69) is 5.32 Å². The summed E-state index contributed by atoms with van der Waals surface area (Å²) in [5, 5.41) is 11.7. The average Bonchev–Trinajstić information content (AvgIpc) is 2.75. The van der Waals surface area contributed by atoms with Gasteiger partial charge in [0.2, 0.25) is 0 Å². The molecule has 0 aromatic heterocycles. The molecule has 1 aliphatic carbocycles. The predicted octanol–water partition coefficient (Wildman–Crippen LogP) is 2.55. The lowest BCUT2D eigenvalue weighted by molar-refractivity contribution is -0.136. The first-order valence-electron chi connectivity index (χ1n) is 7.52. The quantitative estimate of drug-likeness (QED) is 0.896. The molecule has 1 aromatic rings. The number of carbonyl (C=O) groups excluding carboxylic acids is 1. The molecule has 5 nitrogen and oxygen atoms in total. The number of amides is 1. The molecule has 1 aromatic carbocycles. The monoisotopic (exact) mass is 305 g/mol. The average molecular weight is 305 g/mol. The fourth-order valence-corrected chi connectivity index (χ4v) is 2.73. The van der Waals surface area contributed by atoms with E-state index in [0.717, 1.165) is 18.4 Å². The van der Waals surface area contributed by atoms with Gasteiger partial charge in [0, 0.05) is 6.54 Å². The molecule has 0 aliphatic heterocycles. The second kappa shape index (κ2) is 6.38. The molecule has 0 radical (unpaired) electrons. The molecule has 0 saturated carbocycles. The van der Waals surface area contributed by atoms with Crippen molar-refractivity contribution in [2.75, 3.05) is 6.54 Å².